The molecule has 0 radical (unpaired) electrons. The Kier molecular flexibility index (Phi) is 4.29. The molecule has 1 aliphatic rings. The molecule has 1 aliphatic carbocycles. The van der Waals surface area contributed by atoms with E-state index in [0.717, 1.165) is 10.0 Å². The van der Waals surface area contributed by atoms with Gasteiger partial charge in [-0.1, -0.05) is 33.6 Å². The van der Waals surface area contributed by atoms with Gasteiger partial charge < -0.3 is 5.73 Å². The lowest BCUT2D eigenvalue weighted by Gasteiger charge is -2.32. The maximum Gasteiger partial charge on any atom is 0.248 e. The lowest BCUT2D eigenvalue weighted by molar-refractivity contribution is -0.0483. The normalized spacial score (nSPS) is 21.8. The molecule has 1 atom stereocenters. The van der Waals surface area contributed by atoms with Crippen LogP contribution in [0.2, 0.25) is 5.02 Å². The topological polar surface area (TPSA) is 26.0 Å². The van der Waals surface area contributed by atoms with Crippen molar-refractivity contribution in [1.29, 1.82) is 0 Å². The summed E-state index contributed by atoms with van der Waals surface area (Å²) in [5.41, 5.74) is 7.03. The predicted molar refractivity (Wildman–Crippen MR) is 73.0 cm³/mol. The molecule has 0 bridgehead atoms. The van der Waals surface area contributed by atoms with Crippen LogP contribution in [-0.2, 0) is 0 Å². The van der Waals surface area contributed by atoms with Gasteiger partial charge in [-0.25, -0.2) is 8.78 Å². The van der Waals surface area contributed by atoms with Crippen molar-refractivity contribution in [2.45, 2.75) is 37.6 Å². The van der Waals surface area contributed by atoms with E-state index < -0.39 is 5.92 Å². The van der Waals surface area contributed by atoms with E-state index in [1.165, 1.54) is 0 Å². The molecule has 0 heterocycles. The first-order valence-electron chi connectivity index (χ1n) is 5.98. The van der Waals surface area contributed by atoms with Crippen molar-refractivity contribution in [2.24, 2.45) is 11.7 Å². The maximum atomic E-state index is 13.1. The molecule has 0 aromatic heterocycles. The zero-order chi connectivity index (χ0) is 13.3. The minimum absolute atomic E-state index is 0.0702. The molecule has 2 rings (SSSR count). The minimum atomic E-state index is -2.52. The van der Waals surface area contributed by atoms with Gasteiger partial charge in [0.25, 0.3) is 0 Å². The molecular formula is C13H15BrClF2N. The van der Waals surface area contributed by atoms with Gasteiger partial charge in [-0.15, -0.1) is 0 Å². The van der Waals surface area contributed by atoms with Crippen molar-refractivity contribution in [1.82, 2.24) is 0 Å². The summed E-state index contributed by atoms with van der Waals surface area (Å²) in [7, 11) is 0. The van der Waals surface area contributed by atoms with Crippen LogP contribution in [0.25, 0.3) is 0 Å². The van der Waals surface area contributed by atoms with Gasteiger partial charge in [-0.2, -0.15) is 0 Å². The van der Waals surface area contributed by atoms with Crippen molar-refractivity contribution in [2.75, 3.05) is 0 Å². The Bertz CT molecular complexity index is 409. The first kappa shape index (κ1) is 14.2. The van der Waals surface area contributed by atoms with E-state index in [1.807, 2.05) is 12.1 Å². The molecule has 0 saturated heterocycles. The molecule has 100 valence electrons. The van der Waals surface area contributed by atoms with Gasteiger partial charge in [-0.3, -0.25) is 0 Å². The Labute approximate surface area is 119 Å². The summed E-state index contributed by atoms with van der Waals surface area (Å²) < 4.78 is 27.1. The predicted octanol–water partition coefficient (Wildman–Crippen LogP) is 4.93. The summed E-state index contributed by atoms with van der Waals surface area (Å²) in [5, 5.41) is 0.592. The van der Waals surface area contributed by atoms with Crippen molar-refractivity contribution in [3.8, 4) is 0 Å². The number of hydrogen-bond donors (Lipinski definition) is 1. The number of alkyl halides is 2. The third-order valence-electron chi connectivity index (χ3n) is 3.60. The molecule has 1 nitrogen and oxygen atoms in total. The smallest absolute Gasteiger partial charge is 0.248 e. The molecule has 0 spiro atoms. The van der Waals surface area contributed by atoms with Gasteiger partial charge in [-0.05, 0) is 30.9 Å². The number of rotatable bonds is 2. The van der Waals surface area contributed by atoms with Crippen LogP contribution in [0.5, 0.6) is 0 Å². The SMILES string of the molecule is NC(c1c(Cl)cccc1Br)C1CCC(F)(F)CC1. The first-order chi connectivity index (χ1) is 8.41. The number of hydrogen-bond acceptors (Lipinski definition) is 1. The zero-order valence-corrected chi connectivity index (χ0v) is 12.1. The van der Waals surface area contributed by atoms with Crippen molar-refractivity contribution in [3.05, 3.63) is 33.3 Å². The number of nitrogens with two attached hydrogens (primary N) is 1. The summed E-state index contributed by atoms with van der Waals surface area (Å²) in [6, 6.07) is 5.19. The summed E-state index contributed by atoms with van der Waals surface area (Å²) in [6.07, 6.45) is 0.749. The minimum Gasteiger partial charge on any atom is -0.324 e. The van der Waals surface area contributed by atoms with Crippen molar-refractivity contribution >= 4 is 27.5 Å². The van der Waals surface area contributed by atoms with E-state index in [4.69, 9.17) is 17.3 Å². The lowest BCUT2D eigenvalue weighted by Crippen LogP contribution is -2.31. The van der Waals surface area contributed by atoms with Crippen LogP contribution in [0, 0.1) is 5.92 Å². The third-order valence-corrected chi connectivity index (χ3v) is 4.62. The van der Waals surface area contributed by atoms with Gasteiger partial charge in [0, 0.05) is 33.9 Å². The highest BCUT2D eigenvalue weighted by atomic mass is 79.9. The monoisotopic (exact) mass is 337 g/mol. The average molecular weight is 339 g/mol. The molecule has 0 amide bonds. The highest BCUT2D eigenvalue weighted by molar-refractivity contribution is 9.10. The van der Waals surface area contributed by atoms with Crippen molar-refractivity contribution in [3.63, 3.8) is 0 Å². The Morgan fingerprint density at radius 1 is 1.33 bits per heavy atom. The molecule has 5 heteroatoms. The molecule has 1 aromatic rings. The first-order valence-corrected chi connectivity index (χ1v) is 7.15. The Hall–Kier alpha value is -0.190. The van der Waals surface area contributed by atoms with E-state index in [0.29, 0.717) is 17.9 Å². The van der Waals surface area contributed by atoms with Crippen LogP contribution in [0.4, 0.5) is 8.78 Å². The molecule has 1 unspecified atom stereocenters. The Morgan fingerprint density at radius 3 is 2.50 bits per heavy atom. The second-order valence-corrected chi connectivity index (χ2v) is 6.12. The average Bonchev–Trinajstić information content (AvgIpc) is 2.28. The second kappa shape index (κ2) is 5.43. The molecule has 2 N–H and O–H groups in total. The molecule has 1 fully saturated rings. The van der Waals surface area contributed by atoms with Crippen LogP contribution in [0.1, 0.15) is 37.3 Å². The largest absolute Gasteiger partial charge is 0.324 e. The lowest BCUT2D eigenvalue weighted by atomic mass is 9.80. The maximum absolute atomic E-state index is 13.1. The highest BCUT2D eigenvalue weighted by Crippen LogP contribution is 2.43. The zero-order valence-electron chi connectivity index (χ0n) is 9.80. The summed E-state index contributed by atoms with van der Waals surface area (Å²) >= 11 is 9.57. The van der Waals surface area contributed by atoms with E-state index in [1.54, 1.807) is 6.07 Å². The number of benzene rings is 1. The molecule has 0 aliphatic heterocycles. The fourth-order valence-corrected chi connectivity index (χ4v) is 3.53. The number of halogens is 4. The van der Waals surface area contributed by atoms with Crippen LogP contribution in [0.3, 0.4) is 0 Å². The van der Waals surface area contributed by atoms with Gasteiger partial charge in [0.1, 0.15) is 0 Å². The molecule has 18 heavy (non-hydrogen) atoms. The van der Waals surface area contributed by atoms with Crippen LogP contribution >= 0.6 is 27.5 Å². The third kappa shape index (κ3) is 3.03. The molecular weight excluding hydrogens is 324 g/mol. The molecule has 1 aromatic carbocycles. The van der Waals surface area contributed by atoms with E-state index >= 15 is 0 Å². The van der Waals surface area contributed by atoms with E-state index in [9.17, 15) is 8.78 Å². The fraction of sp³-hybridized carbons (Fsp3) is 0.538. The van der Waals surface area contributed by atoms with Gasteiger partial charge in [0.15, 0.2) is 0 Å². The Morgan fingerprint density at radius 2 is 1.94 bits per heavy atom. The van der Waals surface area contributed by atoms with Crippen LogP contribution in [0.15, 0.2) is 22.7 Å². The summed E-state index contributed by atoms with van der Waals surface area (Å²) in [4.78, 5) is 0. The van der Waals surface area contributed by atoms with Gasteiger partial charge >= 0.3 is 0 Å². The van der Waals surface area contributed by atoms with E-state index in [-0.39, 0.29) is 24.8 Å². The highest BCUT2D eigenvalue weighted by Gasteiger charge is 2.37. The van der Waals surface area contributed by atoms with Crippen molar-refractivity contribution < 1.29 is 8.78 Å². The molecule has 1 saturated carbocycles. The van der Waals surface area contributed by atoms with Crippen LogP contribution < -0.4 is 5.73 Å². The van der Waals surface area contributed by atoms with Gasteiger partial charge in [0.2, 0.25) is 5.92 Å². The van der Waals surface area contributed by atoms with E-state index in [2.05, 4.69) is 15.9 Å². The fourth-order valence-electron chi connectivity index (χ4n) is 2.49. The summed E-state index contributed by atoms with van der Waals surface area (Å²) in [6.45, 7) is 0. The quantitative estimate of drug-likeness (QED) is 0.813. The van der Waals surface area contributed by atoms with Crippen LogP contribution in [-0.4, -0.2) is 5.92 Å². The Balaban J connectivity index is 2.15. The standard InChI is InChI=1S/C13H15BrClF2N/c14-9-2-1-3-10(15)11(9)12(18)8-4-6-13(16,17)7-5-8/h1-3,8,12H,4-7,18H2. The second-order valence-electron chi connectivity index (χ2n) is 4.85. The van der Waals surface area contributed by atoms with Gasteiger partial charge in [0.05, 0.1) is 0 Å². The summed E-state index contributed by atoms with van der Waals surface area (Å²) in [5.74, 6) is -2.45.